The summed E-state index contributed by atoms with van der Waals surface area (Å²) in [4.78, 5) is 40.5. The fourth-order valence-electron chi connectivity index (χ4n) is 3.94. The Balaban J connectivity index is 1.48. The lowest BCUT2D eigenvalue weighted by Crippen LogP contribution is -2.32. The number of nitrogens with zero attached hydrogens (tertiary/aromatic N) is 2. The molecule has 0 spiro atoms. The third-order valence-corrected chi connectivity index (χ3v) is 5.42. The van der Waals surface area contributed by atoms with Crippen LogP contribution in [0.25, 0.3) is 21.8 Å². The Labute approximate surface area is 206 Å². The number of nitrogens with one attached hydrogen (secondary N) is 2. The number of ether oxygens (including phenoxy) is 1. The average Bonchev–Trinajstić information content (AvgIpc) is 3.15. The van der Waals surface area contributed by atoms with Crippen LogP contribution in [0.3, 0.4) is 0 Å². The Morgan fingerprint density at radius 2 is 1.92 bits per heavy atom. The minimum atomic E-state index is -1.05. The van der Waals surface area contributed by atoms with E-state index in [4.69, 9.17) is 9.15 Å². The molecule has 2 heterocycles. The molecule has 10 nitrogen and oxygen atoms in total. The summed E-state index contributed by atoms with van der Waals surface area (Å²) in [5, 5.41) is 16.4. The van der Waals surface area contributed by atoms with Gasteiger partial charge in [0.1, 0.15) is 5.60 Å². The predicted molar refractivity (Wildman–Crippen MR) is 136 cm³/mol. The van der Waals surface area contributed by atoms with Gasteiger partial charge >= 0.3 is 17.8 Å². The van der Waals surface area contributed by atoms with Crippen molar-refractivity contribution in [2.45, 2.75) is 52.3 Å². The number of alkyl carbamates (subject to hydrolysis) is 1. The minimum absolute atomic E-state index is 0.0709. The molecule has 2 aromatic heterocycles. The van der Waals surface area contributed by atoms with Gasteiger partial charge in [-0.05, 0) is 63.4 Å². The number of rotatable bonds is 6. The standard InChI is InChI=1S/C26H28N4O6/c1-15(11-17-14-30(25(33)34)21-8-6-5-7-18(17)21)28-23-29-20-10-9-16(12-19(20)22(31)35-23)13-27-24(32)36-26(2,3)4/h5-10,12,14-15H,11,13H2,1-4H3,(H,27,32)(H,28,29)(H,33,34)/t15-/m1/s1. The van der Waals surface area contributed by atoms with Crippen LogP contribution in [0.2, 0.25) is 0 Å². The summed E-state index contributed by atoms with van der Waals surface area (Å²) in [5.74, 6) is 0. The largest absolute Gasteiger partial charge is 0.464 e. The topological polar surface area (TPSA) is 136 Å². The molecule has 4 rings (SSSR count). The van der Waals surface area contributed by atoms with Crippen LogP contribution in [0.15, 0.2) is 57.9 Å². The van der Waals surface area contributed by atoms with Crippen molar-refractivity contribution in [3.05, 3.63) is 70.2 Å². The van der Waals surface area contributed by atoms with Gasteiger partial charge in [-0.1, -0.05) is 24.3 Å². The van der Waals surface area contributed by atoms with Crippen molar-refractivity contribution >= 4 is 40.0 Å². The van der Waals surface area contributed by atoms with Gasteiger partial charge in [-0.15, -0.1) is 0 Å². The summed E-state index contributed by atoms with van der Waals surface area (Å²) in [6.07, 6.45) is 0.482. The van der Waals surface area contributed by atoms with Crippen molar-refractivity contribution in [2.24, 2.45) is 0 Å². The number of carboxylic acid groups (broad SMARTS) is 1. The van der Waals surface area contributed by atoms with Crippen molar-refractivity contribution in [1.82, 2.24) is 14.9 Å². The maximum Gasteiger partial charge on any atom is 0.416 e. The Bertz CT molecular complexity index is 1500. The molecule has 0 aliphatic rings. The zero-order valence-electron chi connectivity index (χ0n) is 20.5. The van der Waals surface area contributed by atoms with E-state index in [1.807, 2.05) is 19.1 Å². The maximum atomic E-state index is 12.6. The van der Waals surface area contributed by atoms with Crippen molar-refractivity contribution in [2.75, 3.05) is 5.32 Å². The fourth-order valence-corrected chi connectivity index (χ4v) is 3.94. The highest BCUT2D eigenvalue weighted by molar-refractivity contribution is 5.91. The second-order valence-corrected chi connectivity index (χ2v) is 9.59. The van der Waals surface area contributed by atoms with Crippen LogP contribution < -0.4 is 16.3 Å². The number of anilines is 1. The molecule has 0 aliphatic carbocycles. The molecule has 0 saturated carbocycles. The van der Waals surface area contributed by atoms with Gasteiger partial charge in [0.25, 0.3) is 6.01 Å². The van der Waals surface area contributed by atoms with Gasteiger partial charge < -0.3 is 24.9 Å². The van der Waals surface area contributed by atoms with Gasteiger partial charge in [0, 0.05) is 24.2 Å². The highest BCUT2D eigenvalue weighted by atomic mass is 16.6. The van der Waals surface area contributed by atoms with Crippen LogP contribution in [0.4, 0.5) is 15.6 Å². The SMILES string of the molecule is C[C@H](Cc1cn(C(=O)O)c2ccccc12)Nc1nc2ccc(CNC(=O)OC(C)(C)C)cc2c(=O)o1. The zero-order chi connectivity index (χ0) is 26.0. The minimum Gasteiger partial charge on any atom is -0.464 e. The molecule has 2 aromatic carbocycles. The predicted octanol–water partition coefficient (Wildman–Crippen LogP) is 4.74. The first kappa shape index (κ1) is 24.8. The Morgan fingerprint density at radius 1 is 1.17 bits per heavy atom. The smallest absolute Gasteiger partial charge is 0.416 e. The second-order valence-electron chi connectivity index (χ2n) is 9.59. The molecule has 0 aliphatic heterocycles. The third kappa shape index (κ3) is 5.65. The molecule has 0 saturated heterocycles. The molecule has 0 fully saturated rings. The molecular weight excluding hydrogens is 464 g/mol. The van der Waals surface area contributed by atoms with E-state index < -0.39 is 23.4 Å². The van der Waals surface area contributed by atoms with Gasteiger partial charge in [-0.3, -0.25) is 4.57 Å². The van der Waals surface area contributed by atoms with E-state index in [0.717, 1.165) is 10.9 Å². The van der Waals surface area contributed by atoms with Gasteiger partial charge in [0.05, 0.1) is 16.4 Å². The highest BCUT2D eigenvalue weighted by Crippen LogP contribution is 2.23. The van der Waals surface area contributed by atoms with E-state index in [1.165, 1.54) is 4.57 Å². The number of amides is 1. The molecule has 0 bridgehead atoms. The molecule has 188 valence electrons. The van der Waals surface area contributed by atoms with E-state index in [1.54, 1.807) is 57.3 Å². The van der Waals surface area contributed by atoms with Crippen LogP contribution >= 0.6 is 0 Å². The van der Waals surface area contributed by atoms with Crippen LogP contribution in [0.5, 0.6) is 0 Å². The lowest BCUT2D eigenvalue weighted by molar-refractivity contribution is 0.0523. The number of carbonyl (C=O) groups excluding carboxylic acids is 1. The van der Waals surface area contributed by atoms with Crippen LogP contribution in [-0.4, -0.2) is 38.5 Å². The molecule has 0 radical (unpaired) electrons. The molecule has 1 atom stereocenters. The monoisotopic (exact) mass is 492 g/mol. The Morgan fingerprint density at radius 3 is 2.64 bits per heavy atom. The number of benzene rings is 2. The van der Waals surface area contributed by atoms with Crippen molar-refractivity contribution < 1.29 is 23.8 Å². The number of carbonyl (C=O) groups is 2. The maximum absolute atomic E-state index is 12.6. The molecule has 10 heteroatoms. The van der Waals surface area contributed by atoms with Crippen LogP contribution in [-0.2, 0) is 17.7 Å². The van der Waals surface area contributed by atoms with E-state index in [2.05, 4.69) is 15.6 Å². The normalized spacial score (nSPS) is 12.4. The number of fused-ring (bicyclic) bond motifs is 2. The van der Waals surface area contributed by atoms with Crippen molar-refractivity contribution in [3.8, 4) is 0 Å². The van der Waals surface area contributed by atoms with Gasteiger partial charge in [-0.2, -0.15) is 4.98 Å². The summed E-state index contributed by atoms with van der Waals surface area (Å²) in [6.45, 7) is 7.41. The molecule has 36 heavy (non-hydrogen) atoms. The second kappa shape index (κ2) is 9.73. The summed E-state index contributed by atoms with van der Waals surface area (Å²) in [5.41, 5.74) is 1.44. The van der Waals surface area contributed by atoms with E-state index >= 15 is 0 Å². The van der Waals surface area contributed by atoms with Gasteiger partial charge in [-0.25, -0.2) is 14.4 Å². The van der Waals surface area contributed by atoms with E-state index in [9.17, 15) is 19.5 Å². The Hall–Kier alpha value is -4.34. The molecule has 3 N–H and O–H groups in total. The fraction of sp³-hybridized carbons (Fsp3) is 0.308. The Kier molecular flexibility index (Phi) is 6.69. The van der Waals surface area contributed by atoms with E-state index in [0.29, 0.717) is 28.4 Å². The summed E-state index contributed by atoms with van der Waals surface area (Å²) < 4.78 is 11.8. The molecule has 1 amide bonds. The van der Waals surface area contributed by atoms with Gasteiger partial charge in [0.2, 0.25) is 0 Å². The third-order valence-electron chi connectivity index (χ3n) is 5.42. The molecule has 0 unspecified atom stereocenters. The summed E-state index contributed by atoms with van der Waals surface area (Å²) in [6, 6.07) is 12.2. The lowest BCUT2D eigenvalue weighted by Gasteiger charge is -2.19. The number of hydrogen-bond donors (Lipinski definition) is 3. The van der Waals surface area contributed by atoms with E-state index in [-0.39, 0.29) is 18.6 Å². The number of aromatic nitrogens is 2. The van der Waals surface area contributed by atoms with Crippen molar-refractivity contribution in [1.29, 1.82) is 0 Å². The molecule has 4 aromatic rings. The van der Waals surface area contributed by atoms with Gasteiger partial charge in [0.15, 0.2) is 0 Å². The summed E-state index contributed by atoms with van der Waals surface area (Å²) in [7, 11) is 0. The quantitative estimate of drug-likeness (QED) is 0.351. The number of para-hydroxylation sites is 1. The number of hydrogen-bond acceptors (Lipinski definition) is 7. The summed E-state index contributed by atoms with van der Waals surface area (Å²) >= 11 is 0. The zero-order valence-corrected chi connectivity index (χ0v) is 20.5. The molecular formula is C26H28N4O6. The first-order chi connectivity index (χ1) is 17.0. The first-order valence-electron chi connectivity index (χ1n) is 11.5. The van der Waals surface area contributed by atoms with Crippen LogP contribution in [0.1, 0.15) is 38.8 Å². The first-order valence-corrected chi connectivity index (χ1v) is 11.5. The van der Waals surface area contributed by atoms with Crippen LogP contribution in [0, 0.1) is 0 Å². The van der Waals surface area contributed by atoms with Crippen molar-refractivity contribution in [3.63, 3.8) is 0 Å². The lowest BCUT2D eigenvalue weighted by atomic mass is 10.1. The highest BCUT2D eigenvalue weighted by Gasteiger charge is 2.17. The average molecular weight is 493 g/mol.